The van der Waals surface area contributed by atoms with Gasteiger partial charge in [-0.2, -0.15) is 0 Å². The van der Waals surface area contributed by atoms with Crippen molar-refractivity contribution in [1.82, 2.24) is 5.32 Å². The van der Waals surface area contributed by atoms with Crippen molar-refractivity contribution in [1.29, 1.82) is 0 Å². The average molecular weight is 247 g/mol. The number of hydrogen-bond acceptors (Lipinski definition) is 2. The fourth-order valence-corrected chi connectivity index (χ4v) is 2.53. The third kappa shape index (κ3) is 2.69. The Labute approximate surface area is 111 Å². The molecule has 2 atom stereocenters. The van der Waals surface area contributed by atoms with Crippen molar-refractivity contribution in [2.75, 3.05) is 6.54 Å². The van der Waals surface area contributed by atoms with Crippen LogP contribution in [0.1, 0.15) is 39.2 Å². The number of ether oxygens (including phenoxy) is 1. The highest BCUT2D eigenvalue weighted by Gasteiger charge is 2.49. The zero-order chi connectivity index (χ0) is 13.2. The fourth-order valence-electron chi connectivity index (χ4n) is 2.53. The molecular weight excluding hydrogens is 222 g/mol. The van der Waals surface area contributed by atoms with Gasteiger partial charge < -0.3 is 10.1 Å². The van der Waals surface area contributed by atoms with E-state index in [0.717, 1.165) is 18.7 Å². The Hall–Kier alpha value is -1.02. The largest absolute Gasteiger partial charge is 0.490 e. The molecule has 0 amide bonds. The first-order valence-corrected chi connectivity index (χ1v) is 7.00. The molecule has 0 bridgehead atoms. The van der Waals surface area contributed by atoms with Crippen LogP contribution in [0, 0.1) is 12.3 Å². The van der Waals surface area contributed by atoms with Crippen molar-refractivity contribution >= 4 is 0 Å². The Balaban J connectivity index is 1.90. The second-order valence-electron chi connectivity index (χ2n) is 5.98. The molecule has 1 aromatic carbocycles. The van der Waals surface area contributed by atoms with E-state index in [4.69, 9.17) is 4.74 Å². The summed E-state index contributed by atoms with van der Waals surface area (Å²) in [4.78, 5) is 0. The van der Waals surface area contributed by atoms with E-state index < -0.39 is 0 Å². The Morgan fingerprint density at radius 3 is 2.50 bits per heavy atom. The Kier molecular flexibility index (Phi) is 3.96. The zero-order valence-electron chi connectivity index (χ0n) is 12.0. The Morgan fingerprint density at radius 2 is 1.94 bits per heavy atom. The third-order valence-electron chi connectivity index (χ3n) is 4.12. The second kappa shape index (κ2) is 5.31. The average Bonchev–Trinajstić information content (AvgIpc) is 2.35. The van der Waals surface area contributed by atoms with Crippen LogP contribution >= 0.6 is 0 Å². The normalized spacial score (nSPS) is 25.6. The first-order chi connectivity index (χ1) is 8.54. The molecule has 1 aliphatic rings. The summed E-state index contributed by atoms with van der Waals surface area (Å²) < 4.78 is 6.09. The van der Waals surface area contributed by atoms with Crippen molar-refractivity contribution in [2.24, 2.45) is 5.41 Å². The van der Waals surface area contributed by atoms with Crippen molar-refractivity contribution < 1.29 is 4.74 Å². The van der Waals surface area contributed by atoms with Crippen LogP contribution in [0.5, 0.6) is 5.75 Å². The minimum Gasteiger partial charge on any atom is -0.490 e. The fraction of sp³-hybridized carbons (Fsp3) is 0.625. The molecule has 0 heterocycles. The van der Waals surface area contributed by atoms with E-state index in [2.05, 4.69) is 57.3 Å². The van der Waals surface area contributed by atoms with Gasteiger partial charge in [0.1, 0.15) is 11.9 Å². The molecule has 0 saturated heterocycles. The lowest BCUT2D eigenvalue weighted by Crippen LogP contribution is -2.62. The van der Waals surface area contributed by atoms with Gasteiger partial charge in [-0.3, -0.25) is 0 Å². The van der Waals surface area contributed by atoms with Gasteiger partial charge >= 0.3 is 0 Å². The van der Waals surface area contributed by atoms with E-state index in [1.807, 2.05) is 0 Å². The second-order valence-corrected chi connectivity index (χ2v) is 5.98. The summed E-state index contributed by atoms with van der Waals surface area (Å²) in [6.45, 7) is 10.00. The van der Waals surface area contributed by atoms with Crippen LogP contribution in [0.3, 0.4) is 0 Å². The molecule has 2 unspecified atom stereocenters. The van der Waals surface area contributed by atoms with Crippen molar-refractivity contribution in [2.45, 2.75) is 52.7 Å². The standard InChI is InChI=1S/C16H25NO/c1-5-10-17-14-11-15(16(14,3)4)18-13-8-6-12(2)7-9-13/h6-9,14-15,17H,5,10-11H2,1-4H3. The van der Waals surface area contributed by atoms with E-state index in [9.17, 15) is 0 Å². The molecule has 18 heavy (non-hydrogen) atoms. The SMILES string of the molecule is CCCNC1CC(Oc2ccc(C)cc2)C1(C)C. The summed E-state index contributed by atoms with van der Waals surface area (Å²) in [5, 5.41) is 3.60. The highest BCUT2D eigenvalue weighted by Crippen LogP contribution is 2.43. The molecular formula is C16H25NO. The number of aryl methyl sites for hydroxylation is 1. The number of nitrogens with one attached hydrogen (secondary N) is 1. The predicted molar refractivity (Wildman–Crippen MR) is 76.1 cm³/mol. The smallest absolute Gasteiger partial charge is 0.119 e. The molecule has 100 valence electrons. The van der Waals surface area contributed by atoms with Crippen LogP contribution in [-0.4, -0.2) is 18.7 Å². The lowest BCUT2D eigenvalue weighted by atomic mass is 9.64. The molecule has 0 aliphatic heterocycles. The van der Waals surface area contributed by atoms with Crippen molar-refractivity contribution in [3.8, 4) is 5.75 Å². The highest BCUT2D eigenvalue weighted by atomic mass is 16.5. The van der Waals surface area contributed by atoms with E-state index in [1.54, 1.807) is 0 Å². The maximum Gasteiger partial charge on any atom is 0.119 e. The topological polar surface area (TPSA) is 21.3 Å². The van der Waals surface area contributed by atoms with Gasteiger partial charge in [0.2, 0.25) is 0 Å². The van der Waals surface area contributed by atoms with Crippen LogP contribution in [-0.2, 0) is 0 Å². The number of rotatable bonds is 5. The first kappa shape index (κ1) is 13.4. The lowest BCUT2D eigenvalue weighted by molar-refractivity contribution is -0.0546. The maximum absolute atomic E-state index is 6.09. The third-order valence-corrected chi connectivity index (χ3v) is 4.12. The van der Waals surface area contributed by atoms with Gasteiger partial charge in [0, 0.05) is 17.9 Å². The zero-order valence-corrected chi connectivity index (χ0v) is 12.0. The molecule has 0 aromatic heterocycles. The maximum atomic E-state index is 6.09. The van der Waals surface area contributed by atoms with Gasteiger partial charge in [-0.1, -0.05) is 38.5 Å². The summed E-state index contributed by atoms with van der Waals surface area (Å²) in [7, 11) is 0. The van der Waals surface area contributed by atoms with Crippen molar-refractivity contribution in [3.05, 3.63) is 29.8 Å². The molecule has 1 aromatic rings. The Bertz CT molecular complexity index is 383. The molecule has 2 rings (SSSR count). The summed E-state index contributed by atoms with van der Waals surface area (Å²) >= 11 is 0. The Morgan fingerprint density at radius 1 is 1.28 bits per heavy atom. The van der Waals surface area contributed by atoms with Crippen LogP contribution in [0.2, 0.25) is 0 Å². The number of benzene rings is 1. The molecule has 1 fully saturated rings. The summed E-state index contributed by atoms with van der Waals surface area (Å²) in [5.41, 5.74) is 1.50. The summed E-state index contributed by atoms with van der Waals surface area (Å²) in [6, 6.07) is 8.94. The molecule has 1 N–H and O–H groups in total. The molecule has 0 radical (unpaired) electrons. The number of hydrogen-bond donors (Lipinski definition) is 1. The first-order valence-electron chi connectivity index (χ1n) is 7.00. The van der Waals surface area contributed by atoms with Crippen LogP contribution in [0.4, 0.5) is 0 Å². The molecule has 1 saturated carbocycles. The van der Waals surface area contributed by atoms with Crippen molar-refractivity contribution in [3.63, 3.8) is 0 Å². The monoisotopic (exact) mass is 247 g/mol. The van der Waals surface area contributed by atoms with Crippen LogP contribution in [0.25, 0.3) is 0 Å². The van der Waals surface area contributed by atoms with E-state index in [-0.39, 0.29) is 5.41 Å². The van der Waals surface area contributed by atoms with E-state index in [0.29, 0.717) is 12.1 Å². The summed E-state index contributed by atoms with van der Waals surface area (Å²) in [6.07, 6.45) is 2.63. The van der Waals surface area contributed by atoms with E-state index in [1.165, 1.54) is 12.0 Å². The minimum atomic E-state index is 0.222. The summed E-state index contributed by atoms with van der Waals surface area (Å²) in [5.74, 6) is 0.993. The van der Waals surface area contributed by atoms with Crippen LogP contribution < -0.4 is 10.1 Å². The lowest BCUT2D eigenvalue weighted by Gasteiger charge is -2.51. The van der Waals surface area contributed by atoms with Gasteiger partial charge in [-0.15, -0.1) is 0 Å². The van der Waals surface area contributed by atoms with Gasteiger partial charge in [-0.05, 0) is 32.0 Å². The van der Waals surface area contributed by atoms with Gasteiger partial charge in [-0.25, -0.2) is 0 Å². The van der Waals surface area contributed by atoms with Crippen LogP contribution in [0.15, 0.2) is 24.3 Å². The predicted octanol–water partition coefficient (Wildman–Crippen LogP) is 3.54. The van der Waals surface area contributed by atoms with Gasteiger partial charge in [0.15, 0.2) is 0 Å². The van der Waals surface area contributed by atoms with Gasteiger partial charge in [0.05, 0.1) is 0 Å². The van der Waals surface area contributed by atoms with E-state index >= 15 is 0 Å². The molecule has 0 spiro atoms. The minimum absolute atomic E-state index is 0.222. The molecule has 2 nitrogen and oxygen atoms in total. The van der Waals surface area contributed by atoms with Gasteiger partial charge in [0.25, 0.3) is 0 Å². The molecule has 2 heteroatoms. The molecule has 1 aliphatic carbocycles. The highest BCUT2D eigenvalue weighted by molar-refractivity contribution is 5.27. The quantitative estimate of drug-likeness (QED) is 0.859.